The molecule has 108 valence electrons. The third-order valence-corrected chi connectivity index (χ3v) is 2.69. The summed E-state index contributed by atoms with van der Waals surface area (Å²) < 4.78 is 0. The Hall–Kier alpha value is -3.09. The maximum atomic E-state index is 11.9. The van der Waals surface area contributed by atoms with E-state index in [0.717, 1.165) is 12.1 Å². The molecule has 0 unspecified atom stereocenters. The van der Waals surface area contributed by atoms with Gasteiger partial charge < -0.3 is 15.3 Å². The van der Waals surface area contributed by atoms with E-state index in [0.29, 0.717) is 11.4 Å². The second-order valence-corrected chi connectivity index (χ2v) is 4.22. The number of pyridine rings is 1. The second-order valence-electron chi connectivity index (χ2n) is 4.22. The standard InChI is InChI=1S/C14H13N3O4/c1-8(10-4-2-3-5-15-10)16-17-14(21)9-6-11(18)13(20)12(19)7-9/h2-7,18-20H,1H3,(H,17,21)/b16-8-. The van der Waals surface area contributed by atoms with Crippen LogP contribution in [-0.2, 0) is 0 Å². The first-order valence-electron chi connectivity index (χ1n) is 6.00. The molecule has 7 heteroatoms. The zero-order chi connectivity index (χ0) is 15.4. The van der Waals surface area contributed by atoms with Gasteiger partial charge in [-0.1, -0.05) is 6.07 Å². The molecule has 21 heavy (non-hydrogen) atoms. The highest BCUT2D eigenvalue weighted by Gasteiger charge is 2.13. The van der Waals surface area contributed by atoms with Crippen LogP contribution in [0.25, 0.3) is 0 Å². The summed E-state index contributed by atoms with van der Waals surface area (Å²) in [4.78, 5) is 15.9. The van der Waals surface area contributed by atoms with Gasteiger partial charge in [-0.2, -0.15) is 5.10 Å². The summed E-state index contributed by atoms with van der Waals surface area (Å²) in [5.41, 5.74) is 3.34. The Bertz CT molecular complexity index is 676. The molecular weight excluding hydrogens is 274 g/mol. The lowest BCUT2D eigenvalue weighted by Gasteiger charge is -2.05. The van der Waals surface area contributed by atoms with Crippen LogP contribution in [-0.4, -0.2) is 31.9 Å². The van der Waals surface area contributed by atoms with E-state index in [4.69, 9.17) is 0 Å². The summed E-state index contributed by atoms with van der Waals surface area (Å²) in [7, 11) is 0. The Morgan fingerprint density at radius 1 is 1.19 bits per heavy atom. The lowest BCUT2D eigenvalue weighted by molar-refractivity contribution is 0.0954. The predicted molar refractivity (Wildman–Crippen MR) is 75.4 cm³/mol. The molecule has 0 saturated carbocycles. The summed E-state index contributed by atoms with van der Waals surface area (Å²) in [5.74, 6) is -2.51. The second kappa shape index (κ2) is 5.91. The van der Waals surface area contributed by atoms with Crippen molar-refractivity contribution in [3.8, 4) is 17.2 Å². The molecule has 0 radical (unpaired) electrons. The highest BCUT2D eigenvalue weighted by Crippen LogP contribution is 2.35. The first-order chi connectivity index (χ1) is 9.99. The molecule has 1 amide bonds. The Morgan fingerprint density at radius 3 is 2.43 bits per heavy atom. The van der Waals surface area contributed by atoms with Crippen molar-refractivity contribution in [2.45, 2.75) is 6.92 Å². The highest BCUT2D eigenvalue weighted by molar-refractivity contribution is 6.00. The zero-order valence-electron chi connectivity index (χ0n) is 11.1. The number of hydrazone groups is 1. The summed E-state index contributed by atoms with van der Waals surface area (Å²) >= 11 is 0. The van der Waals surface area contributed by atoms with Gasteiger partial charge in [-0.15, -0.1) is 0 Å². The van der Waals surface area contributed by atoms with Crippen LogP contribution < -0.4 is 5.43 Å². The molecule has 0 atom stereocenters. The van der Waals surface area contributed by atoms with E-state index >= 15 is 0 Å². The molecule has 0 bridgehead atoms. The summed E-state index contributed by atoms with van der Waals surface area (Å²) in [6, 6.07) is 7.34. The van der Waals surface area contributed by atoms with Crippen molar-refractivity contribution in [1.29, 1.82) is 0 Å². The number of nitrogens with one attached hydrogen (secondary N) is 1. The summed E-state index contributed by atoms with van der Waals surface area (Å²) in [6.07, 6.45) is 1.60. The molecule has 7 nitrogen and oxygen atoms in total. The minimum absolute atomic E-state index is 0.0413. The van der Waals surface area contributed by atoms with Crippen LogP contribution in [0.3, 0.4) is 0 Å². The molecule has 2 aromatic rings. The van der Waals surface area contributed by atoms with Gasteiger partial charge in [0.05, 0.1) is 11.4 Å². The van der Waals surface area contributed by atoms with Crippen molar-refractivity contribution in [3.63, 3.8) is 0 Å². The van der Waals surface area contributed by atoms with Gasteiger partial charge in [-0.25, -0.2) is 5.43 Å². The number of aromatic nitrogens is 1. The highest BCUT2D eigenvalue weighted by atomic mass is 16.3. The van der Waals surface area contributed by atoms with Crippen LogP contribution in [0.15, 0.2) is 41.6 Å². The minimum atomic E-state index is -0.681. The van der Waals surface area contributed by atoms with Crippen molar-refractivity contribution in [2.24, 2.45) is 5.10 Å². The van der Waals surface area contributed by atoms with Crippen molar-refractivity contribution < 1.29 is 20.1 Å². The SMILES string of the molecule is C/C(=N/NC(=O)c1cc(O)c(O)c(O)c1)c1ccccn1. The number of hydrogen-bond acceptors (Lipinski definition) is 6. The number of hydrogen-bond donors (Lipinski definition) is 4. The first-order valence-corrected chi connectivity index (χ1v) is 6.00. The van der Waals surface area contributed by atoms with E-state index in [2.05, 4.69) is 15.5 Å². The smallest absolute Gasteiger partial charge is 0.271 e. The average molecular weight is 287 g/mol. The molecular formula is C14H13N3O4. The third-order valence-electron chi connectivity index (χ3n) is 2.69. The van der Waals surface area contributed by atoms with E-state index < -0.39 is 23.2 Å². The number of phenols is 3. The van der Waals surface area contributed by atoms with Crippen molar-refractivity contribution in [2.75, 3.05) is 0 Å². The van der Waals surface area contributed by atoms with E-state index in [-0.39, 0.29) is 5.56 Å². The zero-order valence-corrected chi connectivity index (χ0v) is 11.1. The minimum Gasteiger partial charge on any atom is -0.504 e. The normalized spacial score (nSPS) is 11.2. The number of aromatic hydroxyl groups is 3. The molecule has 0 saturated heterocycles. The molecule has 0 fully saturated rings. The van der Waals surface area contributed by atoms with Crippen LogP contribution >= 0.6 is 0 Å². The van der Waals surface area contributed by atoms with Crippen LogP contribution in [0, 0.1) is 0 Å². The van der Waals surface area contributed by atoms with E-state index in [9.17, 15) is 20.1 Å². The van der Waals surface area contributed by atoms with Crippen LogP contribution in [0.4, 0.5) is 0 Å². The fourth-order valence-electron chi connectivity index (χ4n) is 1.57. The molecule has 0 aliphatic rings. The molecule has 0 aliphatic carbocycles. The maximum absolute atomic E-state index is 11.9. The average Bonchev–Trinajstić information content (AvgIpc) is 2.50. The predicted octanol–water partition coefficient (Wildman–Crippen LogP) is 1.35. The van der Waals surface area contributed by atoms with Crippen molar-refractivity contribution in [3.05, 3.63) is 47.8 Å². The van der Waals surface area contributed by atoms with Crippen molar-refractivity contribution >= 4 is 11.6 Å². The molecule has 0 spiro atoms. The molecule has 2 rings (SSSR count). The number of phenolic OH excluding ortho intramolecular Hbond substituents is 3. The fraction of sp³-hybridized carbons (Fsp3) is 0.0714. The third kappa shape index (κ3) is 3.27. The molecule has 1 heterocycles. The van der Waals surface area contributed by atoms with Gasteiger partial charge in [0.1, 0.15) is 0 Å². The fourth-order valence-corrected chi connectivity index (χ4v) is 1.57. The van der Waals surface area contributed by atoms with Crippen LogP contribution in [0.1, 0.15) is 23.0 Å². The van der Waals surface area contributed by atoms with Gasteiger partial charge in [0.25, 0.3) is 5.91 Å². The van der Waals surface area contributed by atoms with E-state index in [1.807, 2.05) is 0 Å². The topological polar surface area (TPSA) is 115 Å². The maximum Gasteiger partial charge on any atom is 0.271 e. The van der Waals surface area contributed by atoms with Gasteiger partial charge in [0, 0.05) is 11.8 Å². The Labute approximate surface area is 120 Å². The monoisotopic (exact) mass is 287 g/mol. The van der Waals surface area contributed by atoms with Crippen LogP contribution in [0.5, 0.6) is 17.2 Å². The lowest BCUT2D eigenvalue weighted by Crippen LogP contribution is -2.19. The van der Waals surface area contributed by atoms with Crippen LogP contribution in [0.2, 0.25) is 0 Å². The Morgan fingerprint density at radius 2 is 1.86 bits per heavy atom. The van der Waals surface area contributed by atoms with Gasteiger partial charge in [-0.05, 0) is 31.2 Å². The number of carbonyl (C=O) groups is 1. The molecule has 0 aliphatic heterocycles. The van der Waals surface area contributed by atoms with Crippen molar-refractivity contribution in [1.82, 2.24) is 10.4 Å². The molecule has 1 aromatic heterocycles. The largest absolute Gasteiger partial charge is 0.504 e. The quantitative estimate of drug-likeness (QED) is 0.386. The van der Waals surface area contributed by atoms with Gasteiger partial charge >= 0.3 is 0 Å². The van der Waals surface area contributed by atoms with Gasteiger partial charge in [0.2, 0.25) is 0 Å². The van der Waals surface area contributed by atoms with Gasteiger partial charge in [-0.3, -0.25) is 9.78 Å². The summed E-state index contributed by atoms with van der Waals surface area (Å²) in [6.45, 7) is 1.67. The number of carbonyl (C=O) groups excluding carboxylic acids is 1. The lowest BCUT2D eigenvalue weighted by atomic mass is 10.2. The number of benzene rings is 1. The number of amides is 1. The van der Waals surface area contributed by atoms with Gasteiger partial charge in [0.15, 0.2) is 17.2 Å². The Kier molecular flexibility index (Phi) is 4.03. The van der Waals surface area contributed by atoms with E-state index in [1.54, 1.807) is 31.3 Å². The molecule has 1 aromatic carbocycles. The number of nitrogens with zero attached hydrogens (tertiary/aromatic N) is 2. The van der Waals surface area contributed by atoms with E-state index in [1.165, 1.54) is 0 Å². The summed E-state index contributed by atoms with van der Waals surface area (Å²) in [5, 5.41) is 31.8. The Balaban J connectivity index is 2.15. The molecule has 4 N–H and O–H groups in total. The number of rotatable bonds is 3. The first kappa shape index (κ1) is 14.3.